The molecule has 1 heterocycles. The lowest BCUT2D eigenvalue weighted by Gasteiger charge is -2.43. The van der Waals surface area contributed by atoms with E-state index in [2.05, 4.69) is 0 Å². The maximum atomic E-state index is 13.7. The summed E-state index contributed by atoms with van der Waals surface area (Å²) in [4.78, 5) is 30.5. The first-order valence-corrected chi connectivity index (χ1v) is 11.6. The highest BCUT2D eigenvalue weighted by atomic mass is 16.5. The zero-order valence-corrected chi connectivity index (χ0v) is 19.4. The van der Waals surface area contributed by atoms with Crippen LogP contribution in [0, 0.1) is 0 Å². The van der Waals surface area contributed by atoms with Crippen molar-refractivity contribution in [1.82, 2.24) is 0 Å². The van der Waals surface area contributed by atoms with E-state index in [4.69, 9.17) is 4.74 Å². The normalized spacial score (nSPS) is 17.2. The largest absolute Gasteiger partial charge is 0.494 e. The summed E-state index contributed by atoms with van der Waals surface area (Å²) in [6.45, 7) is 6.40. The van der Waals surface area contributed by atoms with Crippen LogP contribution in [-0.2, 0) is 4.79 Å². The standard InChI is InChI=1S/C28H30N2O3/c1-4-27(31)30(22-13-7-6-8-14-22)26-18-20(3)29(25-17-10-9-16-24(25)26)28(32)21-12-11-15-23(19-21)33-5-2/h6-17,19-20,26H,4-5,18H2,1-3H3/t20?,26-/m0/s1. The molecule has 5 heteroatoms. The summed E-state index contributed by atoms with van der Waals surface area (Å²) in [7, 11) is 0. The molecule has 0 saturated carbocycles. The van der Waals surface area contributed by atoms with Gasteiger partial charge < -0.3 is 14.5 Å². The van der Waals surface area contributed by atoms with Crippen molar-refractivity contribution >= 4 is 23.2 Å². The zero-order chi connectivity index (χ0) is 23.4. The molecule has 0 bridgehead atoms. The summed E-state index contributed by atoms with van der Waals surface area (Å²) >= 11 is 0. The molecule has 1 aliphatic heterocycles. The van der Waals surface area contributed by atoms with Crippen molar-refractivity contribution in [1.29, 1.82) is 0 Å². The second kappa shape index (κ2) is 9.90. The minimum Gasteiger partial charge on any atom is -0.494 e. The third kappa shape index (κ3) is 4.49. The van der Waals surface area contributed by atoms with Gasteiger partial charge in [-0.15, -0.1) is 0 Å². The zero-order valence-electron chi connectivity index (χ0n) is 19.4. The molecular formula is C28H30N2O3. The van der Waals surface area contributed by atoms with Gasteiger partial charge in [0.2, 0.25) is 5.91 Å². The molecule has 0 saturated heterocycles. The van der Waals surface area contributed by atoms with Crippen molar-refractivity contribution in [3.05, 3.63) is 90.0 Å². The predicted molar refractivity (Wildman–Crippen MR) is 132 cm³/mol. The molecule has 33 heavy (non-hydrogen) atoms. The summed E-state index contributed by atoms with van der Waals surface area (Å²) in [6, 6.07) is 24.8. The van der Waals surface area contributed by atoms with Crippen molar-refractivity contribution in [2.45, 2.75) is 45.7 Å². The minimum absolute atomic E-state index is 0.0666. The summed E-state index contributed by atoms with van der Waals surface area (Å²) in [5.41, 5.74) is 3.29. The van der Waals surface area contributed by atoms with Crippen molar-refractivity contribution in [2.24, 2.45) is 0 Å². The molecule has 0 fully saturated rings. The number of ether oxygens (including phenoxy) is 1. The van der Waals surface area contributed by atoms with Crippen LogP contribution in [0.5, 0.6) is 5.75 Å². The Hall–Kier alpha value is -3.60. The molecule has 170 valence electrons. The molecule has 0 aromatic heterocycles. The Labute approximate surface area is 195 Å². The first kappa shape index (κ1) is 22.6. The second-order valence-electron chi connectivity index (χ2n) is 8.25. The van der Waals surface area contributed by atoms with Gasteiger partial charge in [-0.3, -0.25) is 9.59 Å². The Morgan fingerprint density at radius 3 is 2.42 bits per heavy atom. The Bertz CT molecular complexity index is 1130. The molecule has 1 unspecified atom stereocenters. The van der Waals surface area contributed by atoms with Crippen LogP contribution in [0.25, 0.3) is 0 Å². The van der Waals surface area contributed by atoms with Crippen molar-refractivity contribution in [3.8, 4) is 5.75 Å². The topological polar surface area (TPSA) is 49.9 Å². The van der Waals surface area contributed by atoms with E-state index in [1.807, 2.05) is 103 Å². The van der Waals surface area contributed by atoms with Crippen LogP contribution >= 0.6 is 0 Å². The maximum absolute atomic E-state index is 13.7. The lowest BCUT2D eigenvalue weighted by Crippen LogP contribution is -2.47. The fraction of sp³-hybridized carbons (Fsp3) is 0.286. The van der Waals surface area contributed by atoms with Gasteiger partial charge in [0.15, 0.2) is 0 Å². The summed E-state index contributed by atoms with van der Waals surface area (Å²) in [5, 5.41) is 0. The quantitative estimate of drug-likeness (QED) is 0.470. The van der Waals surface area contributed by atoms with Gasteiger partial charge in [0, 0.05) is 29.4 Å². The smallest absolute Gasteiger partial charge is 0.258 e. The molecule has 4 rings (SSSR count). The molecule has 1 aliphatic rings. The Kier molecular flexibility index (Phi) is 6.78. The van der Waals surface area contributed by atoms with E-state index in [1.54, 1.807) is 6.07 Å². The Morgan fingerprint density at radius 2 is 1.70 bits per heavy atom. The number of para-hydroxylation sites is 2. The first-order chi connectivity index (χ1) is 16.0. The van der Waals surface area contributed by atoms with Gasteiger partial charge in [-0.25, -0.2) is 0 Å². The monoisotopic (exact) mass is 442 g/mol. The minimum atomic E-state index is -0.148. The average molecular weight is 443 g/mol. The highest BCUT2D eigenvalue weighted by Crippen LogP contribution is 2.43. The van der Waals surface area contributed by atoms with Gasteiger partial charge >= 0.3 is 0 Å². The number of carbonyl (C=O) groups excluding carboxylic acids is 2. The van der Waals surface area contributed by atoms with Crippen LogP contribution in [0.1, 0.15) is 55.6 Å². The van der Waals surface area contributed by atoms with E-state index in [0.717, 1.165) is 16.9 Å². The Morgan fingerprint density at radius 1 is 0.970 bits per heavy atom. The Balaban J connectivity index is 1.76. The van der Waals surface area contributed by atoms with E-state index in [1.165, 1.54) is 0 Å². The van der Waals surface area contributed by atoms with Crippen LogP contribution in [0.2, 0.25) is 0 Å². The summed E-state index contributed by atoms with van der Waals surface area (Å²) < 4.78 is 5.60. The number of anilines is 2. The van der Waals surface area contributed by atoms with E-state index in [-0.39, 0.29) is 23.9 Å². The van der Waals surface area contributed by atoms with Gasteiger partial charge in [0.25, 0.3) is 5.91 Å². The van der Waals surface area contributed by atoms with E-state index in [0.29, 0.717) is 30.8 Å². The molecule has 2 atom stereocenters. The van der Waals surface area contributed by atoms with E-state index < -0.39 is 0 Å². The molecule has 0 aliphatic carbocycles. The average Bonchev–Trinajstić information content (AvgIpc) is 2.85. The molecule has 2 amide bonds. The molecule has 3 aromatic carbocycles. The van der Waals surface area contributed by atoms with Crippen molar-refractivity contribution in [3.63, 3.8) is 0 Å². The van der Waals surface area contributed by atoms with Crippen LogP contribution < -0.4 is 14.5 Å². The summed E-state index contributed by atoms with van der Waals surface area (Å²) in [5.74, 6) is 0.684. The van der Waals surface area contributed by atoms with E-state index in [9.17, 15) is 9.59 Å². The third-order valence-electron chi connectivity index (χ3n) is 6.09. The van der Waals surface area contributed by atoms with Gasteiger partial charge in [-0.1, -0.05) is 49.4 Å². The van der Waals surface area contributed by atoms with Crippen molar-refractivity contribution in [2.75, 3.05) is 16.4 Å². The summed E-state index contributed by atoms with van der Waals surface area (Å²) in [6.07, 6.45) is 1.06. The molecule has 0 N–H and O–H groups in total. The SMILES string of the molecule is CCOc1cccc(C(=O)N2c3ccccc3[C@@H](N(C(=O)CC)c3ccccc3)CC2C)c1. The molecule has 5 nitrogen and oxygen atoms in total. The maximum Gasteiger partial charge on any atom is 0.258 e. The number of hydrogen-bond donors (Lipinski definition) is 0. The molecule has 3 aromatic rings. The van der Waals surface area contributed by atoms with Crippen LogP contribution in [0.3, 0.4) is 0 Å². The number of amides is 2. The van der Waals surface area contributed by atoms with Gasteiger partial charge in [0.1, 0.15) is 5.75 Å². The van der Waals surface area contributed by atoms with Gasteiger partial charge in [-0.2, -0.15) is 0 Å². The predicted octanol–water partition coefficient (Wildman–Crippen LogP) is 6.01. The van der Waals surface area contributed by atoms with Crippen LogP contribution in [0.15, 0.2) is 78.9 Å². The van der Waals surface area contributed by atoms with Crippen molar-refractivity contribution < 1.29 is 14.3 Å². The molecule has 0 spiro atoms. The first-order valence-electron chi connectivity index (χ1n) is 11.6. The number of hydrogen-bond acceptors (Lipinski definition) is 3. The van der Waals surface area contributed by atoms with Gasteiger partial charge in [-0.05, 0) is 62.2 Å². The number of fused-ring (bicyclic) bond motifs is 1. The molecular weight excluding hydrogens is 412 g/mol. The highest BCUT2D eigenvalue weighted by molar-refractivity contribution is 6.08. The second-order valence-corrected chi connectivity index (χ2v) is 8.25. The van der Waals surface area contributed by atoms with Crippen LogP contribution in [0.4, 0.5) is 11.4 Å². The number of carbonyl (C=O) groups is 2. The lowest BCUT2D eigenvalue weighted by atomic mass is 9.89. The molecule has 0 radical (unpaired) electrons. The number of nitrogens with zero attached hydrogens (tertiary/aromatic N) is 2. The lowest BCUT2D eigenvalue weighted by molar-refractivity contribution is -0.118. The van der Waals surface area contributed by atoms with Crippen LogP contribution in [-0.4, -0.2) is 24.5 Å². The highest BCUT2D eigenvalue weighted by Gasteiger charge is 2.38. The number of rotatable bonds is 6. The van der Waals surface area contributed by atoms with Gasteiger partial charge in [0.05, 0.1) is 12.6 Å². The van der Waals surface area contributed by atoms with E-state index >= 15 is 0 Å². The fourth-order valence-corrected chi connectivity index (χ4v) is 4.62. The fourth-order valence-electron chi connectivity index (χ4n) is 4.62. The number of benzene rings is 3. The third-order valence-corrected chi connectivity index (χ3v) is 6.09.